The average molecular weight is 961 g/mol. The SMILES string of the molecule is CC/C=C\C/C=C\C/C=C\C/C=C\C/C=C\C/C=C\CCC(=O)O.CC/C=C\C/C=C\C/C=C\C/C=C\C/C=C\CCCC(=O)O.CC/C=C\C/C=C\C/C=C\C/C=C\C/C=C\CCCCCC(=O)O. The van der Waals surface area contributed by atoms with Gasteiger partial charge in [0.05, 0.1) is 0 Å². The van der Waals surface area contributed by atoms with Gasteiger partial charge < -0.3 is 15.3 Å². The fourth-order valence-corrected chi connectivity index (χ4v) is 5.67. The molecule has 6 heteroatoms. The molecule has 70 heavy (non-hydrogen) atoms. The highest BCUT2D eigenvalue weighted by Crippen LogP contribution is 2.05. The van der Waals surface area contributed by atoms with Gasteiger partial charge in [-0.15, -0.1) is 0 Å². The molecule has 0 aromatic rings. The molecule has 0 saturated carbocycles. The lowest BCUT2D eigenvalue weighted by atomic mass is 10.1. The van der Waals surface area contributed by atoms with Gasteiger partial charge in [-0.3, -0.25) is 14.4 Å². The zero-order valence-corrected chi connectivity index (χ0v) is 43.9. The van der Waals surface area contributed by atoms with Crippen molar-refractivity contribution in [3.05, 3.63) is 194 Å². The molecule has 0 saturated heterocycles. The largest absolute Gasteiger partial charge is 0.481 e. The molecule has 0 radical (unpaired) electrons. The summed E-state index contributed by atoms with van der Waals surface area (Å²) in [6.45, 7) is 6.44. The highest BCUT2D eigenvalue weighted by molar-refractivity contribution is 5.67. The maximum absolute atomic E-state index is 10.3. The van der Waals surface area contributed by atoms with Gasteiger partial charge in [0, 0.05) is 19.3 Å². The molecule has 0 spiro atoms. The third-order valence-electron chi connectivity index (χ3n) is 9.46. The standard InChI is InChI=1S/C22H34O2.C22H32O2.C20H30O2/c2*1-2-3-4-5-6-7-8-9-10-11-12-13-14-15-16-17-18-19-20-21-22(23)24;1-2-3-4-5-6-7-8-9-10-11-12-13-14-15-16-17-18-19-20(21)22/h3-4,6-7,9-10,12-13,15-16H,2,5,8,11,14,17-21H2,1H3,(H,23,24);3-4,6-7,9-10,12-13,15-16,18-19H,2,5,8,11,14,17,20-21H2,1H3,(H,23,24);3-4,6-7,9-10,12-13,15-16H,2,5,8,11,14,17-19H2,1H3,(H,21,22)/b4-3-,7-6-,10-9-,13-12-,16-15-;4-3-,7-6-,10-9-,13-12-,16-15-,19-18-;4-3-,7-6-,10-9-,13-12-,16-15-. The molecule has 0 heterocycles. The van der Waals surface area contributed by atoms with Crippen LogP contribution in [0, 0.1) is 0 Å². The lowest BCUT2D eigenvalue weighted by Crippen LogP contribution is -1.93. The number of unbranched alkanes of at least 4 members (excludes halogenated alkanes) is 4. The number of carboxylic acid groups (broad SMARTS) is 3. The summed E-state index contributed by atoms with van der Waals surface area (Å²) in [6, 6.07) is 0. The van der Waals surface area contributed by atoms with Crippen LogP contribution < -0.4 is 0 Å². The van der Waals surface area contributed by atoms with Gasteiger partial charge in [-0.2, -0.15) is 0 Å². The summed E-state index contributed by atoms with van der Waals surface area (Å²) in [5, 5.41) is 25.5. The van der Waals surface area contributed by atoms with Gasteiger partial charge in [-0.25, -0.2) is 0 Å². The van der Waals surface area contributed by atoms with E-state index in [1.807, 2.05) is 12.2 Å². The number of allylic oxidation sites excluding steroid dienone is 32. The number of rotatable bonds is 42. The van der Waals surface area contributed by atoms with Crippen molar-refractivity contribution in [2.45, 2.75) is 188 Å². The van der Waals surface area contributed by atoms with E-state index >= 15 is 0 Å². The monoisotopic (exact) mass is 961 g/mol. The second-order valence-electron chi connectivity index (χ2n) is 16.0. The molecule has 3 N–H and O–H groups in total. The lowest BCUT2D eigenvalue weighted by Gasteiger charge is -1.94. The summed E-state index contributed by atoms with van der Waals surface area (Å²) in [4.78, 5) is 31.0. The Morgan fingerprint density at radius 1 is 0.229 bits per heavy atom. The summed E-state index contributed by atoms with van der Waals surface area (Å²) < 4.78 is 0. The molecule has 0 aliphatic heterocycles. The highest BCUT2D eigenvalue weighted by atomic mass is 16.4. The number of carboxylic acids is 3. The lowest BCUT2D eigenvalue weighted by molar-refractivity contribution is -0.138. The van der Waals surface area contributed by atoms with Crippen molar-refractivity contribution in [1.29, 1.82) is 0 Å². The molecular formula is C64H96O6. The molecule has 0 atom stereocenters. The number of hydrogen-bond donors (Lipinski definition) is 3. The van der Waals surface area contributed by atoms with Crippen LogP contribution in [0.3, 0.4) is 0 Å². The minimum absolute atomic E-state index is 0.210. The second kappa shape index (κ2) is 65.3. The molecule has 0 aliphatic rings. The van der Waals surface area contributed by atoms with Gasteiger partial charge in [0.1, 0.15) is 0 Å². The van der Waals surface area contributed by atoms with Crippen LogP contribution in [0.25, 0.3) is 0 Å². The van der Waals surface area contributed by atoms with Crippen molar-refractivity contribution in [2.24, 2.45) is 0 Å². The van der Waals surface area contributed by atoms with Crippen LogP contribution in [0.15, 0.2) is 194 Å². The van der Waals surface area contributed by atoms with Crippen molar-refractivity contribution in [3.8, 4) is 0 Å². The molecule has 0 aromatic heterocycles. The third-order valence-corrected chi connectivity index (χ3v) is 9.46. The molecule has 0 fully saturated rings. The Hall–Kier alpha value is -5.75. The van der Waals surface area contributed by atoms with Gasteiger partial charge in [-0.05, 0) is 141 Å². The van der Waals surface area contributed by atoms with E-state index in [-0.39, 0.29) is 12.8 Å². The number of hydrogen-bond acceptors (Lipinski definition) is 3. The van der Waals surface area contributed by atoms with Gasteiger partial charge in [-0.1, -0.05) is 222 Å². The number of carbonyl (C=O) groups is 3. The average Bonchev–Trinajstić information content (AvgIpc) is 3.34. The summed E-state index contributed by atoms with van der Waals surface area (Å²) in [5.74, 6) is -2.15. The van der Waals surface area contributed by atoms with E-state index < -0.39 is 17.9 Å². The second-order valence-corrected chi connectivity index (χ2v) is 16.0. The summed E-state index contributed by atoms with van der Waals surface area (Å²) in [5.41, 5.74) is 0. The zero-order valence-electron chi connectivity index (χ0n) is 43.9. The fraction of sp³-hybridized carbons (Fsp3) is 0.453. The highest BCUT2D eigenvalue weighted by Gasteiger charge is 1.95. The van der Waals surface area contributed by atoms with Crippen LogP contribution in [-0.4, -0.2) is 33.2 Å². The zero-order chi connectivity index (χ0) is 51.7. The van der Waals surface area contributed by atoms with E-state index in [0.29, 0.717) is 12.8 Å². The minimum atomic E-state index is -0.741. The fourth-order valence-electron chi connectivity index (χ4n) is 5.67. The molecule has 0 aromatic carbocycles. The Morgan fingerprint density at radius 3 is 0.671 bits per heavy atom. The van der Waals surface area contributed by atoms with Gasteiger partial charge in [0.25, 0.3) is 0 Å². The van der Waals surface area contributed by atoms with Crippen molar-refractivity contribution in [2.75, 3.05) is 0 Å². The first-order valence-corrected chi connectivity index (χ1v) is 26.4. The Morgan fingerprint density at radius 2 is 0.429 bits per heavy atom. The van der Waals surface area contributed by atoms with Crippen molar-refractivity contribution in [3.63, 3.8) is 0 Å². The topological polar surface area (TPSA) is 112 Å². The predicted molar refractivity (Wildman–Crippen MR) is 306 cm³/mol. The van der Waals surface area contributed by atoms with E-state index in [1.165, 1.54) is 0 Å². The molecule has 0 unspecified atom stereocenters. The van der Waals surface area contributed by atoms with Crippen LogP contribution >= 0.6 is 0 Å². The normalized spacial score (nSPS) is 12.8. The first-order chi connectivity index (χ1) is 34.3. The Balaban J connectivity index is -0.000000963. The first-order valence-electron chi connectivity index (χ1n) is 26.4. The maximum Gasteiger partial charge on any atom is 0.303 e. The third kappa shape index (κ3) is 76.5. The Kier molecular flexibility index (Phi) is 63.9. The molecule has 0 rings (SSSR count). The van der Waals surface area contributed by atoms with Gasteiger partial charge in [0.15, 0.2) is 0 Å². The summed E-state index contributed by atoms with van der Waals surface area (Å²) in [7, 11) is 0. The van der Waals surface area contributed by atoms with E-state index in [0.717, 1.165) is 141 Å². The Bertz CT molecular complexity index is 1680. The molecule has 388 valence electrons. The van der Waals surface area contributed by atoms with Crippen LogP contribution in [0.5, 0.6) is 0 Å². The van der Waals surface area contributed by atoms with E-state index in [1.54, 1.807) is 0 Å². The van der Waals surface area contributed by atoms with Crippen molar-refractivity contribution >= 4 is 17.9 Å². The van der Waals surface area contributed by atoms with E-state index in [2.05, 4.69) is 203 Å². The first kappa shape index (κ1) is 68.5. The van der Waals surface area contributed by atoms with Crippen LogP contribution in [0.4, 0.5) is 0 Å². The summed E-state index contributed by atoms with van der Waals surface area (Å²) >= 11 is 0. The molecule has 6 nitrogen and oxygen atoms in total. The molecule has 0 amide bonds. The van der Waals surface area contributed by atoms with Crippen molar-refractivity contribution < 1.29 is 29.7 Å². The van der Waals surface area contributed by atoms with Crippen LogP contribution in [0.2, 0.25) is 0 Å². The van der Waals surface area contributed by atoms with Crippen LogP contribution in [-0.2, 0) is 14.4 Å². The van der Waals surface area contributed by atoms with Gasteiger partial charge in [0.2, 0.25) is 0 Å². The number of aliphatic carboxylic acids is 3. The minimum Gasteiger partial charge on any atom is -0.481 e. The molecule has 0 aliphatic carbocycles. The van der Waals surface area contributed by atoms with E-state index in [4.69, 9.17) is 15.3 Å². The van der Waals surface area contributed by atoms with Crippen LogP contribution in [0.1, 0.15) is 188 Å². The van der Waals surface area contributed by atoms with Crippen molar-refractivity contribution in [1.82, 2.24) is 0 Å². The molecular weight excluding hydrogens is 865 g/mol. The predicted octanol–water partition coefficient (Wildman–Crippen LogP) is 19.3. The van der Waals surface area contributed by atoms with Gasteiger partial charge >= 0.3 is 17.9 Å². The summed E-state index contributed by atoms with van der Waals surface area (Å²) in [6.07, 6.45) is 92.2. The maximum atomic E-state index is 10.3. The quantitative estimate of drug-likeness (QED) is 0.0415. The smallest absolute Gasteiger partial charge is 0.303 e. The van der Waals surface area contributed by atoms with E-state index in [9.17, 15) is 14.4 Å². The Labute approximate surface area is 428 Å². The molecule has 0 bridgehead atoms.